The summed E-state index contributed by atoms with van der Waals surface area (Å²) in [4.78, 5) is 9.28. The highest BCUT2D eigenvalue weighted by Gasteiger charge is 2.20. The number of aliphatic hydroxyl groups excluding tert-OH is 1. The number of hydrogen-bond acceptors (Lipinski definition) is 9. The molecule has 32 heavy (non-hydrogen) atoms. The molecule has 0 saturated carbocycles. The Morgan fingerprint density at radius 3 is 2.69 bits per heavy atom. The number of rotatable bonds is 7. The number of hydrogen-bond donors (Lipinski definition) is 2. The molecule has 168 valence electrons. The van der Waals surface area contributed by atoms with Crippen LogP contribution in [0.5, 0.6) is 0 Å². The zero-order valence-corrected chi connectivity index (χ0v) is 19.6. The average molecular weight is 475 g/mol. The highest BCUT2D eigenvalue weighted by Crippen LogP contribution is 2.32. The second-order valence-electron chi connectivity index (χ2n) is 7.97. The van der Waals surface area contributed by atoms with Gasteiger partial charge >= 0.3 is 0 Å². The van der Waals surface area contributed by atoms with Gasteiger partial charge in [0.1, 0.15) is 11.3 Å². The van der Waals surface area contributed by atoms with Gasteiger partial charge in [0.05, 0.1) is 21.8 Å². The topological polar surface area (TPSA) is 116 Å². The van der Waals surface area contributed by atoms with Gasteiger partial charge in [0, 0.05) is 12.8 Å². The number of nitrogens with one attached hydrogen (secondary N) is 1. The van der Waals surface area contributed by atoms with E-state index in [0.717, 1.165) is 11.2 Å². The predicted octanol–water partition coefficient (Wildman–Crippen LogP) is 3.39. The maximum absolute atomic E-state index is 10.1. The maximum atomic E-state index is 10.1. The minimum absolute atomic E-state index is 0.491. The normalized spacial score (nSPS) is 12.9. The van der Waals surface area contributed by atoms with Crippen LogP contribution in [0, 0.1) is 0 Å². The van der Waals surface area contributed by atoms with Gasteiger partial charge in [0.15, 0.2) is 5.16 Å². The molecule has 1 unspecified atom stereocenters. The standard InChI is InChI=1S/C20H23ClN8O2S/c1-20(2,3)31-19(30)23-15-10-5-7-12(22-15)11-32-18-24-16-13(21)8-6-9-14(16)29(18)17-25-26-27-28(17)4/h5-10,19,30H,11H2,1-4H3,(H,22,23). The van der Waals surface area contributed by atoms with Crippen molar-refractivity contribution in [1.82, 2.24) is 34.7 Å². The summed E-state index contributed by atoms with van der Waals surface area (Å²) in [6.07, 6.45) is -1.17. The van der Waals surface area contributed by atoms with Crippen LogP contribution in [0.15, 0.2) is 41.6 Å². The summed E-state index contributed by atoms with van der Waals surface area (Å²) in [6, 6.07) is 11.1. The van der Waals surface area contributed by atoms with E-state index in [0.29, 0.717) is 33.2 Å². The number of tetrazole rings is 1. The fourth-order valence-corrected chi connectivity index (χ4v) is 4.13. The van der Waals surface area contributed by atoms with Gasteiger partial charge < -0.3 is 15.2 Å². The van der Waals surface area contributed by atoms with Gasteiger partial charge in [0.25, 0.3) is 5.95 Å². The van der Waals surface area contributed by atoms with Crippen LogP contribution in [0.3, 0.4) is 0 Å². The number of benzene rings is 1. The number of fused-ring (bicyclic) bond motifs is 1. The van der Waals surface area contributed by atoms with Gasteiger partial charge in [-0.15, -0.1) is 0 Å². The van der Waals surface area contributed by atoms with E-state index in [1.807, 2.05) is 49.6 Å². The highest BCUT2D eigenvalue weighted by atomic mass is 35.5. The number of pyridine rings is 1. The largest absolute Gasteiger partial charge is 0.351 e. The summed E-state index contributed by atoms with van der Waals surface area (Å²) in [5.41, 5.74) is 1.78. The molecular formula is C20H23ClN8O2S. The van der Waals surface area contributed by atoms with Crippen molar-refractivity contribution in [1.29, 1.82) is 0 Å². The molecule has 0 saturated heterocycles. The molecule has 0 aliphatic carbocycles. The fraction of sp³-hybridized carbons (Fsp3) is 0.350. The Morgan fingerprint density at radius 1 is 1.19 bits per heavy atom. The molecule has 3 aromatic heterocycles. The molecule has 1 atom stereocenters. The number of aliphatic hydroxyl groups is 1. The first-order valence-corrected chi connectivity index (χ1v) is 11.2. The second kappa shape index (κ2) is 9.02. The third-order valence-electron chi connectivity index (χ3n) is 4.30. The SMILES string of the molecule is Cn1nnnc1-n1c(SCc2cccc(NC(O)OC(C)(C)C)n2)nc2c(Cl)cccc21. The first-order valence-electron chi connectivity index (χ1n) is 9.82. The zero-order chi connectivity index (χ0) is 22.9. The minimum atomic E-state index is -1.17. The summed E-state index contributed by atoms with van der Waals surface area (Å²) in [7, 11) is 1.77. The van der Waals surface area contributed by atoms with E-state index in [2.05, 4.69) is 25.8 Å². The molecule has 0 fully saturated rings. The highest BCUT2D eigenvalue weighted by molar-refractivity contribution is 7.98. The number of aryl methyl sites for hydroxylation is 1. The maximum Gasteiger partial charge on any atom is 0.256 e. The third-order valence-corrected chi connectivity index (χ3v) is 5.57. The second-order valence-corrected chi connectivity index (χ2v) is 9.32. The molecule has 0 spiro atoms. The first kappa shape index (κ1) is 22.5. The van der Waals surface area contributed by atoms with Crippen molar-refractivity contribution in [3.63, 3.8) is 0 Å². The van der Waals surface area contributed by atoms with E-state index in [4.69, 9.17) is 21.3 Å². The Hall–Kier alpha value is -2.73. The number of aromatic nitrogens is 7. The lowest BCUT2D eigenvalue weighted by atomic mass is 10.2. The molecule has 4 rings (SSSR count). The lowest BCUT2D eigenvalue weighted by Crippen LogP contribution is -2.32. The zero-order valence-electron chi connectivity index (χ0n) is 18.0. The number of halogens is 1. The molecule has 0 radical (unpaired) electrons. The summed E-state index contributed by atoms with van der Waals surface area (Å²) in [5.74, 6) is 1.56. The van der Waals surface area contributed by atoms with Crippen molar-refractivity contribution in [2.75, 3.05) is 5.32 Å². The summed E-state index contributed by atoms with van der Waals surface area (Å²) in [5, 5.41) is 26.0. The number of para-hydroxylation sites is 1. The Kier molecular flexibility index (Phi) is 6.33. The van der Waals surface area contributed by atoms with Gasteiger partial charge in [-0.1, -0.05) is 40.6 Å². The number of anilines is 1. The van der Waals surface area contributed by atoms with Gasteiger partial charge in [-0.05, 0) is 55.5 Å². The van der Waals surface area contributed by atoms with Crippen LogP contribution in [0.4, 0.5) is 5.82 Å². The van der Waals surface area contributed by atoms with Crippen molar-refractivity contribution in [2.45, 2.75) is 43.7 Å². The van der Waals surface area contributed by atoms with Gasteiger partial charge in [-0.2, -0.15) is 0 Å². The molecule has 10 nitrogen and oxygen atoms in total. The molecule has 4 aromatic rings. The van der Waals surface area contributed by atoms with Gasteiger partial charge in [-0.3, -0.25) is 4.57 Å². The lowest BCUT2D eigenvalue weighted by molar-refractivity contribution is -0.148. The Balaban J connectivity index is 1.58. The molecule has 0 aliphatic rings. The minimum Gasteiger partial charge on any atom is -0.351 e. The summed E-state index contributed by atoms with van der Waals surface area (Å²) in [6.45, 7) is 5.59. The predicted molar refractivity (Wildman–Crippen MR) is 123 cm³/mol. The van der Waals surface area contributed by atoms with Gasteiger partial charge in [0.2, 0.25) is 6.41 Å². The van der Waals surface area contributed by atoms with E-state index in [1.54, 1.807) is 23.9 Å². The molecule has 0 bridgehead atoms. The number of ether oxygens (including phenoxy) is 1. The summed E-state index contributed by atoms with van der Waals surface area (Å²) >= 11 is 7.86. The number of imidazole rings is 1. The smallest absolute Gasteiger partial charge is 0.256 e. The lowest BCUT2D eigenvalue weighted by Gasteiger charge is -2.24. The monoisotopic (exact) mass is 474 g/mol. The van der Waals surface area contributed by atoms with Crippen LogP contribution in [-0.2, 0) is 17.5 Å². The van der Waals surface area contributed by atoms with Crippen molar-refractivity contribution in [2.24, 2.45) is 7.05 Å². The quantitative estimate of drug-likeness (QED) is 0.307. The number of thioether (sulfide) groups is 1. The molecule has 3 heterocycles. The van der Waals surface area contributed by atoms with Crippen LogP contribution < -0.4 is 5.32 Å². The molecule has 1 aromatic carbocycles. The third kappa shape index (κ3) is 5.01. The van der Waals surface area contributed by atoms with Gasteiger partial charge in [-0.25, -0.2) is 14.6 Å². The molecule has 0 aliphatic heterocycles. The Morgan fingerprint density at radius 2 is 1.97 bits per heavy atom. The van der Waals surface area contributed by atoms with E-state index < -0.39 is 12.0 Å². The van der Waals surface area contributed by atoms with Crippen LogP contribution >= 0.6 is 23.4 Å². The van der Waals surface area contributed by atoms with E-state index in [9.17, 15) is 5.11 Å². The molecule has 2 N–H and O–H groups in total. The van der Waals surface area contributed by atoms with Crippen molar-refractivity contribution in [3.8, 4) is 5.95 Å². The van der Waals surface area contributed by atoms with E-state index in [-0.39, 0.29) is 0 Å². The first-order chi connectivity index (χ1) is 15.2. The fourth-order valence-electron chi connectivity index (χ4n) is 3.02. The molecule has 0 amide bonds. The van der Waals surface area contributed by atoms with Crippen molar-refractivity contribution < 1.29 is 9.84 Å². The van der Waals surface area contributed by atoms with Crippen molar-refractivity contribution in [3.05, 3.63) is 47.1 Å². The van der Waals surface area contributed by atoms with Crippen molar-refractivity contribution >= 4 is 40.2 Å². The number of nitrogens with zero attached hydrogens (tertiary/aromatic N) is 7. The Labute approximate surface area is 194 Å². The summed E-state index contributed by atoms with van der Waals surface area (Å²) < 4.78 is 8.92. The van der Waals surface area contributed by atoms with Crippen LogP contribution in [0.25, 0.3) is 17.0 Å². The molecular weight excluding hydrogens is 452 g/mol. The van der Waals surface area contributed by atoms with Crippen LogP contribution in [0.1, 0.15) is 26.5 Å². The average Bonchev–Trinajstić information content (AvgIpc) is 3.28. The Bertz CT molecular complexity index is 1240. The van der Waals surface area contributed by atoms with Crippen LogP contribution in [-0.4, -0.2) is 51.9 Å². The van der Waals surface area contributed by atoms with E-state index >= 15 is 0 Å². The van der Waals surface area contributed by atoms with Crippen LogP contribution in [0.2, 0.25) is 5.02 Å². The molecule has 12 heteroatoms. The van der Waals surface area contributed by atoms with E-state index in [1.165, 1.54) is 11.8 Å².